The van der Waals surface area contributed by atoms with Crippen LogP contribution in [0.5, 0.6) is 11.6 Å². The fourth-order valence-corrected chi connectivity index (χ4v) is 4.67. The first kappa shape index (κ1) is 26.3. The third-order valence-corrected chi connectivity index (χ3v) is 6.75. The first-order chi connectivity index (χ1) is 18.8. The van der Waals surface area contributed by atoms with E-state index in [-0.39, 0.29) is 28.2 Å². The number of anilines is 3. The fraction of sp³-hybridized carbons (Fsp3) is 0.296. The maximum atomic E-state index is 15.2. The summed E-state index contributed by atoms with van der Waals surface area (Å²) in [6, 6.07) is 7.00. The Morgan fingerprint density at radius 1 is 1.08 bits per heavy atom. The molecule has 5 rings (SSSR count). The van der Waals surface area contributed by atoms with Gasteiger partial charge in [0.05, 0.1) is 11.2 Å². The molecule has 39 heavy (non-hydrogen) atoms. The van der Waals surface area contributed by atoms with Crippen LogP contribution in [0.25, 0.3) is 10.9 Å². The Morgan fingerprint density at radius 2 is 1.85 bits per heavy atom. The van der Waals surface area contributed by atoms with Gasteiger partial charge >= 0.3 is 0 Å². The van der Waals surface area contributed by atoms with Crippen LogP contribution in [0.3, 0.4) is 0 Å². The van der Waals surface area contributed by atoms with Crippen LogP contribution >= 0.6 is 0 Å². The van der Waals surface area contributed by atoms with Crippen LogP contribution in [-0.2, 0) is 0 Å². The van der Waals surface area contributed by atoms with Gasteiger partial charge < -0.3 is 30.2 Å². The van der Waals surface area contributed by atoms with Crippen LogP contribution in [-0.4, -0.2) is 65.5 Å². The average molecular weight is 540 g/mol. The van der Waals surface area contributed by atoms with Gasteiger partial charge in [-0.15, -0.1) is 0 Å². The Bertz CT molecular complexity index is 1530. The average Bonchev–Trinajstić information content (AvgIpc) is 3.34. The maximum absolute atomic E-state index is 15.2. The van der Waals surface area contributed by atoms with Crippen LogP contribution in [0.4, 0.5) is 30.4 Å². The van der Waals surface area contributed by atoms with E-state index in [1.807, 2.05) is 4.90 Å². The molecule has 1 saturated heterocycles. The summed E-state index contributed by atoms with van der Waals surface area (Å²) in [5.74, 6) is -3.36. The largest absolute Gasteiger partial charge is 0.435 e. The van der Waals surface area contributed by atoms with E-state index in [0.29, 0.717) is 17.1 Å². The second-order valence-electron chi connectivity index (χ2n) is 9.21. The zero-order chi connectivity index (χ0) is 27.7. The number of benzene rings is 2. The monoisotopic (exact) mass is 539 g/mol. The number of rotatable bonds is 7. The summed E-state index contributed by atoms with van der Waals surface area (Å²) in [4.78, 5) is 28.0. The van der Waals surface area contributed by atoms with Crippen LogP contribution < -0.4 is 20.3 Å². The minimum Gasteiger partial charge on any atom is -0.435 e. The Balaban J connectivity index is 1.44. The van der Waals surface area contributed by atoms with Crippen molar-refractivity contribution < 1.29 is 22.7 Å². The van der Waals surface area contributed by atoms with Crippen LogP contribution in [0.15, 0.2) is 36.7 Å². The number of aromatic amines is 1. The first-order valence-electron chi connectivity index (χ1n) is 12.5. The van der Waals surface area contributed by atoms with Crippen molar-refractivity contribution in [3.8, 4) is 11.6 Å². The molecule has 3 heterocycles. The van der Waals surface area contributed by atoms with E-state index in [1.54, 1.807) is 19.1 Å². The van der Waals surface area contributed by atoms with Crippen LogP contribution in [0.1, 0.15) is 23.0 Å². The molecule has 0 aliphatic carbocycles. The zero-order valence-corrected chi connectivity index (χ0v) is 21.7. The molecule has 0 bridgehead atoms. The summed E-state index contributed by atoms with van der Waals surface area (Å²) in [7, 11) is 1.39. The number of nitrogens with one attached hydrogen (secondary N) is 3. The number of hydrogen-bond donors (Lipinski definition) is 3. The van der Waals surface area contributed by atoms with Gasteiger partial charge in [0.2, 0.25) is 5.88 Å². The number of H-pyrrole nitrogens is 1. The second kappa shape index (κ2) is 10.8. The molecule has 2 aromatic heterocycles. The van der Waals surface area contributed by atoms with Crippen molar-refractivity contribution in [3.63, 3.8) is 0 Å². The molecular weight excluding hydrogens is 511 g/mol. The van der Waals surface area contributed by atoms with Gasteiger partial charge in [0, 0.05) is 56.1 Å². The molecule has 3 N–H and O–H groups in total. The van der Waals surface area contributed by atoms with Crippen molar-refractivity contribution in [1.82, 2.24) is 25.2 Å². The maximum Gasteiger partial charge on any atom is 0.260 e. The molecule has 4 aromatic rings. The van der Waals surface area contributed by atoms with E-state index in [1.165, 1.54) is 19.2 Å². The molecular formula is C27H28F3N7O2. The number of carbonyl (C=O) groups is 1. The van der Waals surface area contributed by atoms with E-state index in [9.17, 15) is 9.18 Å². The van der Waals surface area contributed by atoms with Gasteiger partial charge in [-0.05, 0) is 37.7 Å². The Morgan fingerprint density at radius 3 is 2.54 bits per heavy atom. The number of carbonyl (C=O) groups excluding carboxylic acids is 1. The molecule has 0 radical (unpaired) electrons. The molecule has 0 atom stereocenters. The highest BCUT2D eigenvalue weighted by atomic mass is 19.1. The number of halogens is 3. The third-order valence-electron chi connectivity index (χ3n) is 6.75. The van der Waals surface area contributed by atoms with Gasteiger partial charge in [-0.25, -0.2) is 23.1 Å². The van der Waals surface area contributed by atoms with Crippen molar-refractivity contribution in [2.75, 3.05) is 50.0 Å². The van der Waals surface area contributed by atoms with E-state index in [0.717, 1.165) is 45.1 Å². The lowest BCUT2D eigenvalue weighted by Crippen LogP contribution is -2.46. The molecule has 204 valence electrons. The fourth-order valence-electron chi connectivity index (χ4n) is 4.67. The van der Waals surface area contributed by atoms with E-state index in [4.69, 9.17) is 4.74 Å². The minimum absolute atomic E-state index is 0.00232. The van der Waals surface area contributed by atoms with Gasteiger partial charge in [0.25, 0.3) is 5.91 Å². The van der Waals surface area contributed by atoms with Gasteiger partial charge in [-0.3, -0.25) is 4.79 Å². The van der Waals surface area contributed by atoms with Gasteiger partial charge in [-0.1, -0.05) is 6.92 Å². The molecule has 1 aliphatic rings. The molecule has 1 amide bonds. The quantitative estimate of drug-likeness (QED) is 0.313. The predicted molar refractivity (Wildman–Crippen MR) is 142 cm³/mol. The van der Waals surface area contributed by atoms with Gasteiger partial charge in [0.1, 0.15) is 17.7 Å². The third kappa shape index (κ3) is 5.19. The van der Waals surface area contributed by atoms with E-state index in [2.05, 4.69) is 37.4 Å². The lowest BCUT2D eigenvalue weighted by atomic mass is 10.2. The molecule has 0 unspecified atom stereocenters. The number of nitrogens with zero attached hydrogens (tertiary/aromatic N) is 4. The molecule has 1 aliphatic heterocycles. The summed E-state index contributed by atoms with van der Waals surface area (Å²) in [5.41, 5.74) is 1.24. The summed E-state index contributed by atoms with van der Waals surface area (Å²) in [6.45, 7) is 7.88. The van der Waals surface area contributed by atoms with E-state index >= 15 is 8.78 Å². The number of ether oxygens (including phenoxy) is 1. The Hall–Kier alpha value is -4.32. The molecule has 0 saturated carbocycles. The zero-order valence-electron chi connectivity index (χ0n) is 21.7. The summed E-state index contributed by atoms with van der Waals surface area (Å²) in [5, 5.41) is 5.40. The standard InChI is InChI=1S/C27H28F3N7O2/c1-4-36-7-9-37(10-8-36)20-6-5-16(12-18(20)28)35-25-22(26(38)31-3)27(33-14-32-25)39-21-13-19(29)24-17(23(21)30)11-15(2)34-24/h5-6,11-14,34H,4,7-10H2,1-3H3,(H,31,38)(H,32,33,35). The molecule has 1 fully saturated rings. The number of aromatic nitrogens is 3. The number of likely N-dealkylation sites (N-methyl/N-ethyl adjacent to an activating group) is 1. The van der Waals surface area contributed by atoms with Crippen LogP contribution in [0, 0.1) is 24.4 Å². The highest BCUT2D eigenvalue weighted by molar-refractivity contribution is 6.01. The number of amides is 1. The predicted octanol–water partition coefficient (Wildman–Crippen LogP) is 4.72. The number of piperazine rings is 1. The van der Waals surface area contributed by atoms with Crippen molar-refractivity contribution in [1.29, 1.82) is 0 Å². The SMILES string of the molecule is CCN1CCN(c2ccc(Nc3ncnc(Oc4cc(F)c5[nH]c(C)cc5c4F)c3C(=O)NC)cc2F)CC1. The molecule has 2 aromatic carbocycles. The number of fused-ring (bicyclic) bond motifs is 1. The molecule has 12 heteroatoms. The normalized spacial score (nSPS) is 14.1. The Kier molecular flexibility index (Phi) is 7.29. The molecule has 9 nitrogen and oxygen atoms in total. The smallest absolute Gasteiger partial charge is 0.260 e. The van der Waals surface area contributed by atoms with Crippen molar-refractivity contribution in [2.24, 2.45) is 0 Å². The van der Waals surface area contributed by atoms with Crippen molar-refractivity contribution in [3.05, 3.63) is 65.4 Å². The highest BCUT2D eigenvalue weighted by Crippen LogP contribution is 2.35. The summed E-state index contributed by atoms with van der Waals surface area (Å²) >= 11 is 0. The summed E-state index contributed by atoms with van der Waals surface area (Å²) in [6.07, 6.45) is 1.11. The first-order valence-corrected chi connectivity index (χ1v) is 12.5. The lowest BCUT2D eigenvalue weighted by Gasteiger charge is -2.35. The van der Waals surface area contributed by atoms with E-state index < -0.39 is 29.1 Å². The highest BCUT2D eigenvalue weighted by Gasteiger charge is 2.24. The van der Waals surface area contributed by atoms with Gasteiger partial charge in [0.15, 0.2) is 23.2 Å². The van der Waals surface area contributed by atoms with Gasteiger partial charge in [-0.2, -0.15) is 0 Å². The summed E-state index contributed by atoms with van der Waals surface area (Å²) < 4.78 is 50.5. The minimum atomic E-state index is -0.816. The molecule has 0 spiro atoms. The number of aryl methyl sites for hydroxylation is 1. The lowest BCUT2D eigenvalue weighted by molar-refractivity contribution is 0.0960. The van der Waals surface area contributed by atoms with Crippen molar-refractivity contribution >= 4 is 34.0 Å². The number of hydrogen-bond acceptors (Lipinski definition) is 7. The van der Waals surface area contributed by atoms with Crippen molar-refractivity contribution in [2.45, 2.75) is 13.8 Å². The van der Waals surface area contributed by atoms with Crippen LogP contribution in [0.2, 0.25) is 0 Å². The second-order valence-corrected chi connectivity index (χ2v) is 9.21. The Labute approximate surface area is 223 Å². The topological polar surface area (TPSA) is 98.4 Å².